The Bertz CT molecular complexity index is 560. The third kappa shape index (κ3) is 7.47. The minimum Gasteiger partial charge on any atom is -0.427 e. The van der Waals surface area contributed by atoms with E-state index in [0.717, 1.165) is 11.8 Å². The van der Waals surface area contributed by atoms with Crippen molar-refractivity contribution in [2.24, 2.45) is 0 Å². The molecule has 2 aromatic carbocycles. The highest BCUT2D eigenvalue weighted by Crippen LogP contribution is 2.08. The minimum absolute atomic E-state index is 0.198. The van der Waals surface area contributed by atoms with Gasteiger partial charge in [0.2, 0.25) is 0 Å². The molecule has 2 rings (SSSR count). The first-order valence-corrected chi connectivity index (χ1v) is 6.69. The number of carbonyl (C=O) groups is 2. The molecule has 0 spiro atoms. The summed E-state index contributed by atoms with van der Waals surface area (Å²) in [5, 5.41) is 0. The molecular weight excluding hydrogens is 264 g/mol. The number of para-hydroxylation sites is 1. The lowest BCUT2D eigenvalue weighted by Crippen LogP contribution is -2.04. The molecular formula is C18H18O3. The van der Waals surface area contributed by atoms with Crippen molar-refractivity contribution in [2.75, 3.05) is 0 Å². The van der Waals surface area contributed by atoms with Gasteiger partial charge in [-0.2, -0.15) is 0 Å². The van der Waals surface area contributed by atoms with Crippen LogP contribution in [0.2, 0.25) is 0 Å². The number of hydrogen-bond acceptors (Lipinski definition) is 3. The number of carbonyl (C=O) groups excluding carboxylic acids is 2. The molecule has 3 heteroatoms. The maximum absolute atomic E-state index is 10.8. The van der Waals surface area contributed by atoms with Gasteiger partial charge < -0.3 is 4.74 Å². The largest absolute Gasteiger partial charge is 0.427 e. The second-order valence-electron chi connectivity index (χ2n) is 4.05. The molecule has 0 aliphatic carbocycles. The second kappa shape index (κ2) is 10.1. The normalized spacial score (nSPS) is 9.57. The Balaban J connectivity index is 0.000000211. The van der Waals surface area contributed by atoms with Crippen LogP contribution < -0.4 is 4.74 Å². The fourth-order valence-electron chi connectivity index (χ4n) is 1.41. The average Bonchev–Trinajstić information content (AvgIpc) is 2.55. The van der Waals surface area contributed by atoms with E-state index in [2.05, 4.69) is 0 Å². The van der Waals surface area contributed by atoms with Gasteiger partial charge in [-0.05, 0) is 23.8 Å². The van der Waals surface area contributed by atoms with Crippen molar-refractivity contribution in [1.82, 2.24) is 0 Å². The van der Waals surface area contributed by atoms with Gasteiger partial charge in [0, 0.05) is 6.42 Å². The van der Waals surface area contributed by atoms with E-state index < -0.39 is 0 Å². The molecule has 0 radical (unpaired) electrons. The molecule has 0 bridgehead atoms. The zero-order valence-corrected chi connectivity index (χ0v) is 11.9. The highest BCUT2D eigenvalue weighted by atomic mass is 16.5. The lowest BCUT2D eigenvalue weighted by atomic mass is 10.2. The van der Waals surface area contributed by atoms with Crippen molar-refractivity contribution in [3.63, 3.8) is 0 Å². The van der Waals surface area contributed by atoms with E-state index in [1.165, 1.54) is 6.08 Å². The molecule has 3 nitrogen and oxygen atoms in total. The summed E-state index contributed by atoms with van der Waals surface area (Å²) in [6, 6.07) is 18.8. The fraction of sp³-hybridized carbons (Fsp3) is 0.111. The van der Waals surface area contributed by atoms with Crippen molar-refractivity contribution < 1.29 is 14.3 Å². The summed E-state index contributed by atoms with van der Waals surface area (Å²) in [4.78, 5) is 20.7. The van der Waals surface area contributed by atoms with Crippen LogP contribution in [0.5, 0.6) is 5.75 Å². The Kier molecular flexibility index (Phi) is 7.91. The molecule has 0 aromatic heterocycles. The molecule has 0 atom stereocenters. The number of rotatable bonds is 4. The number of hydrogen-bond donors (Lipinski definition) is 0. The van der Waals surface area contributed by atoms with Gasteiger partial charge in [0.25, 0.3) is 0 Å². The van der Waals surface area contributed by atoms with Crippen LogP contribution >= 0.6 is 0 Å². The molecule has 0 saturated carbocycles. The Morgan fingerprint density at radius 2 is 1.57 bits per heavy atom. The van der Waals surface area contributed by atoms with Crippen LogP contribution in [0.1, 0.15) is 18.9 Å². The van der Waals surface area contributed by atoms with Crippen LogP contribution in [0.4, 0.5) is 0 Å². The first-order valence-electron chi connectivity index (χ1n) is 6.69. The van der Waals surface area contributed by atoms with Crippen LogP contribution in [-0.4, -0.2) is 12.3 Å². The Labute approximate surface area is 124 Å². The van der Waals surface area contributed by atoms with Crippen LogP contribution in [-0.2, 0) is 9.59 Å². The molecule has 0 N–H and O–H groups in total. The van der Waals surface area contributed by atoms with E-state index in [-0.39, 0.29) is 5.97 Å². The highest BCUT2D eigenvalue weighted by Gasteiger charge is 1.98. The van der Waals surface area contributed by atoms with E-state index >= 15 is 0 Å². The van der Waals surface area contributed by atoms with E-state index in [1.54, 1.807) is 25.1 Å². The molecule has 2 aromatic rings. The van der Waals surface area contributed by atoms with Gasteiger partial charge in [-0.1, -0.05) is 61.5 Å². The number of benzene rings is 2. The van der Waals surface area contributed by atoms with Crippen molar-refractivity contribution in [3.05, 3.63) is 72.3 Å². The summed E-state index contributed by atoms with van der Waals surface area (Å²) < 4.78 is 4.92. The monoisotopic (exact) mass is 282 g/mol. The van der Waals surface area contributed by atoms with Crippen molar-refractivity contribution in [3.8, 4) is 5.75 Å². The van der Waals surface area contributed by atoms with Gasteiger partial charge in [-0.3, -0.25) is 9.59 Å². The van der Waals surface area contributed by atoms with E-state index in [0.29, 0.717) is 12.2 Å². The molecule has 108 valence electrons. The maximum Gasteiger partial charge on any atom is 0.310 e. The molecule has 0 saturated heterocycles. The second-order valence-corrected chi connectivity index (χ2v) is 4.05. The van der Waals surface area contributed by atoms with Crippen molar-refractivity contribution in [1.29, 1.82) is 0 Å². The third-order valence-corrected chi connectivity index (χ3v) is 2.43. The zero-order chi connectivity index (χ0) is 15.3. The van der Waals surface area contributed by atoms with Crippen LogP contribution in [0.25, 0.3) is 6.08 Å². The fourth-order valence-corrected chi connectivity index (χ4v) is 1.41. The number of allylic oxidation sites excluding steroid dienone is 1. The van der Waals surface area contributed by atoms with Crippen molar-refractivity contribution in [2.45, 2.75) is 13.3 Å². The summed E-state index contributed by atoms with van der Waals surface area (Å²) in [5.41, 5.74) is 1.05. The van der Waals surface area contributed by atoms with Crippen LogP contribution in [0.15, 0.2) is 66.7 Å². The van der Waals surface area contributed by atoms with Gasteiger partial charge in [-0.25, -0.2) is 0 Å². The summed E-state index contributed by atoms with van der Waals surface area (Å²) in [6.07, 6.45) is 4.43. The summed E-state index contributed by atoms with van der Waals surface area (Å²) in [7, 11) is 0. The van der Waals surface area contributed by atoms with Crippen LogP contribution in [0, 0.1) is 0 Å². The van der Waals surface area contributed by atoms with Gasteiger partial charge in [0.05, 0.1) is 0 Å². The maximum atomic E-state index is 10.8. The van der Waals surface area contributed by atoms with E-state index in [9.17, 15) is 9.59 Å². The molecule has 21 heavy (non-hydrogen) atoms. The molecule has 0 amide bonds. The van der Waals surface area contributed by atoms with Gasteiger partial charge in [0.15, 0.2) is 0 Å². The number of ether oxygens (including phenoxy) is 1. The standard InChI is InChI=1S/C9H10O2.C9H8O/c1-2-9(10)11-8-6-4-3-5-7-8;10-8-4-7-9-5-2-1-3-6-9/h3-7H,2H2,1H3;1-8H. The summed E-state index contributed by atoms with van der Waals surface area (Å²) in [6.45, 7) is 1.77. The van der Waals surface area contributed by atoms with Gasteiger partial charge in [-0.15, -0.1) is 0 Å². The zero-order valence-electron chi connectivity index (χ0n) is 11.9. The summed E-state index contributed by atoms with van der Waals surface area (Å²) >= 11 is 0. The lowest BCUT2D eigenvalue weighted by molar-refractivity contribution is -0.134. The Morgan fingerprint density at radius 3 is 2.10 bits per heavy atom. The highest BCUT2D eigenvalue weighted by molar-refractivity contribution is 5.73. The lowest BCUT2D eigenvalue weighted by Gasteiger charge is -1.99. The first-order chi connectivity index (χ1) is 10.3. The minimum atomic E-state index is -0.198. The van der Waals surface area contributed by atoms with E-state index in [4.69, 9.17) is 4.74 Å². The molecule has 0 aliphatic heterocycles. The smallest absolute Gasteiger partial charge is 0.310 e. The predicted octanol–water partition coefficient (Wildman–Crippen LogP) is 3.90. The van der Waals surface area contributed by atoms with E-state index in [1.807, 2.05) is 48.5 Å². The van der Waals surface area contributed by atoms with Crippen molar-refractivity contribution >= 4 is 18.3 Å². The van der Waals surface area contributed by atoms with Crippen LogP contribution in [0.3, 0.4) is 0 Å². The summed E-state index contributed by atoms with van der Waals surface area (Å²) in [5.74, 6) is 0.413. The quantitative estimate of drug-likeness (QED) is 0.370. The van der Waals surface area contributed by atoms with Gasteiger partial charge >= 0.3 is 5.97 Å². The molecule has 0 aliphatic rings. The molecule has 0 heterocycles. The predicted molar refractivity (Wildman–Crippen MR) is 83.9 cm³/mol. The molecule has 0 unspecified atom stereocenters. The Hall–Kier alpha value is -2.68. The SMILES string of the molecule is CCC(=O)Oc1ccccc1.O=CC=Cc1ccccc1. The number of esters is 1. The topological polar surface area (TPSA) is 43.4 Å². The molecule has 0 fully saturated rings. The number of aldehydes is 1. The Morgan fingerprint density at radius 1 is 1.00 bits per heavy atom. The third-order valence-electron chi connectivity index (χ3n) is 2.43. The van der Waals surface area contributed by atoms with Gasteiger partial charge in [0.1, 0.15) is 12.0 Å². The first kappa shape index (κ1) is 16.4. The average molecular weight is 282 g/mol.